The molecule has 0 atom stereocenters. The first-order valence-corrected chi connectivity index (χ1v) is 7.15. The molecule has 3 heteroatoms. The van der Waals surface area contributed by atoms with Crippen LogP contribution in [0.25, 0.3) is 22.2 Å². The highest BCUT2D eigenvalue weighted by atomic mass is 127. The van der Waals surface area contributed by atoms with Crippen molar-refractivity contribution >= 4 is 39.2 Å². The molecule has 3 rings (SSSR count). The van der Waals surface area contributed by atoms with Crippen molar-refractivity contribution in [2.45, 2.75) is 6.92 Å². The summed E-state index contributed by atoms with van der Waals surface area (Å²) in [7, 11) is 0. The molecule has 0 aliphatic carbocycles. The number of nitrogens with zero attached hydrogens (tertiary/aromatic N) is 1. The average Bonchev–Trinajstić information content (AvgIpc) is 2.44. The third-order valence-electron chi connectivity index (χ3n) is 3.29. The Kier molecular flexibility index (Phi) is 3.14. The molecule has 0 radical (unpaired) electrons. The zero-order valence-corrected chi connectivity index (χ0v) is 12.7. The Balaban J connectivity index is 2.34. The molecule has 0 saturated heterocycles. The first-order chi connectivity index (χ1) is 9.16. The summed E-state index contributed by atoms with van der Waals surface area (Å²) in [5.41, 5.74) is 11.2. The summed E-state index contributed by atoms with van der Waals surface area (Å²) in [5.74, 6) is 0. The van der Waals surface area contributed by atoms with Gasteiger partial charge in [-0.1, -0.05) is 30.3 Å². The van der Waals surface area contributed by atoms with E-state index in [1.807, 2.05) is 31.2 Å². The van der Waals surface area contributed by atoms with Gasteiger partial charge in [0.15, 0.2) is 0 Å². The number of hydrogen-bond acceptors (Lipinski definition) is 2. The van der Waals surface area contributed by atoms with E-state index in [0.717, 1.165) is 33.4 Å². The predicted molar refractivity (Wildman–Crippen MR) is 89.0 cm³/mol. The fourth-order valence-electron chi connectivity index (χ4n) is 2.23. The van der Waals surface area contributed by atoms with Crippen molar-refractivity contribution in [2.24, 2.45) is 0 Å². The topological polar surface area (TPSA) is 38.9 Å². The van der Waals surface area contributed by atoms with Crippen molar-refractivity contribution in [3.8, 4) is 11.3 Å². The summed E-state index contributed by atoms with van der Waals surface area (Å²) in [6.07, 6.45) is 0. The molecular formula is C16H13IN2. The van der Waals surface area contributed by atoms with E-state index in [0.29, 0.717) is 0 Å². The van der Waals surface area contributed by atoms with Crippen molar-refractivity contribution in [1.82, 2.24) is 4.98 Å². The van der Waals surface area contributed by atoms with Crippen LogP contribution in [0.2, 0.25) is 0 Å². The molecule has 19 heavy (non-hydrogen) atoms. The Morgan fingerprint density at radius 3 is 2.53 bits per heavy atom. The molecule has 0 bridgehead atoms. The van der Waals surface area contributed by atoms with Crippen LogP contribution in [0.4, 0.5) is 5.69 Å². The fourth-order valence-corrected chi connectivity index (χ4v) is 2.72. The number of aromatic nitrogens is 1. The van der Waals surface area contributed by atoms with E-state index in [2.05, 4.69) is 46.9 Å². The zero-order chi connectivity index (χ0) is 13.4. The number of nitrogen functional groups attached to an aromatic ring is 1. The molecule has 2 nitrogen and oxygen atoms in total. The molecule has 1 heterocycles. The molecule has 0 spiro atoms. The van der Waals surface area contributed by atoms with Gasteiger partial charge >= 0.3 is 0 Å². The maximum Gasteiger partial charge on any atom is 0.0759 e. The highest BCUT2D eigenvalue weighted by Crippen LogP contribution is 2.31. The van der Waals surface area contributed by atoms with Crippen molar-refractivity contribution in [3.63, 3.8) is 0 Å². The van der Waals surface area contributed by atoms with Gasteiger partial charge < -0.3 is 5.73 Å². The largest absolute Gasteiger partial charge is 0.398 e. The second kappa shape index (κ2) is 4.81. The molecule has 0 fully saturated rings. The molecule has 0 saturated carbocycles. The van der Waals surface area contributed by atoms with Crippen molar-refractivity contribution in [2.75, 3.05) is 5.73 Å². The Bertz CT molecular complexity index is 752. The molecule has 94 valence electrons. The van der Waals surface area contributed by atoms with Gasteiger partial charge in [0.25, 0.3) is 0 Å². The minimum absolute atomic E-state index is 0.822. The van der Waals surface area contributed by atoms with Gasteiger partial charge in [-0.15, -0.1) is 0 Å². The molecule has 0 amide bonds. The Morgan fingerprint density at radius 2 is 1.79 bits per heavy atom. The maximum absolute atomic E-state index is 6.28. The molecule has 0 aliphatic heterocycles. The van der Waals surface area contributed by atoms with Gasteiger partial charge in [0, 0.05) is 20.2 Å². The summed E-state index contributed by atoms with van der Waals surface area (Å²) in [5, 5.41) is 1.03. The standard InChI is InChI=1S/C16H13IN2/c1-10-15(18)13-9-12(17)7-8-14(13)19-16(10)11-5-3-2-4-6-11/h2-9H,1H3,(H2,18,19). The summed E-state index contributed by atoms with van der Waals surface area (Å²) < 4.78 is 1.17. The van der Waals surface area contributed by atoms with E-state index < -0.39 is 0 Å². The number of halogens is 1. The van der Waals surface area contributed by atoms with Crippen LogP contribution in [0.1, 0.15) is 5.56 Å². The van der Waals surface area contributed by atoms with Crippen LogP contribution in [0.15, 0.2) is 48.5 Å². The summed E-state index contributed by atoms with van der Waals surface area (Å²) in [6, 6.07) is 16.3. The quantitative estimate of drug-likeness (QED) is 0.654. The third-order valence-corrected chi connectivity index (χ3v) is 3.96. The number of anilines is 1. The lowest BCUT2D eigenvalue weighted by Crippen LogP contribution is -1.98. The van der Waals surface area contributed by atoms with Crippen molar-refractivity contribution in [1.29, 1.82) is 0 Å². The number of benzene rings is 2. The molecule has 2 N–H and O–H groups in total. The zero-order valence-electron chi connectivity index (χ0n) is 10.5. The van der Waals surface area contributed by atoms with E-state index in [4.69, 9.17) is 10.7 Å². The SMILES string of the molecule is Cc1c(-c2ccccc2)nc2ccc(I)cc2c1N. The van der Waals surface area contributed by atoms with Crippen LogP contribution in [0, 0.1) is 10.5 Å². The molecular weight excluding hydrogens is 347 g/mol. The lowest BCUT2D eigenvalue weighted by Gasteiger charge is -2.11. The van der Waals surface area contributed by atoms with Crippen LogP contribution in [0.5, 0.6) is 0 Å². The van der Waals surface area contributed by atoms with E-state index in [1.165, 1.54) is 3.57 Å². The smallest absolute Gasteiger partial charge is 0.0759 e. The Labute approximate surface area is 125 Å². The first kappa shape index (κ1) is 12.4. The third kappa shape index (κ3) is 2.18. The van der Waals surface area contributed by atoms with E-state index in [1.54, 1.807) is 0 Å². The van der Waals surface area contributed by atoms with Crippen LogP contribution in [-0.4, -0.2) is 4.98 Å². The van der Waals surface area contributed by atoms with Gasteiger partial charge in [-0.3, -0.25) is 0 Å². The normalized spacial score (nSPS) is 10.8. The van der Waals surface area contributed by atoms with E-state index in [-0.39, 0.29) is 0 Å². The average molecular weight is 360 g/mol. The Morgan fingerprint density at radius 1 is 1.05 bits per heavy atom. The van der Waals surface area contributed by atoms with Crippen LogP contribution in [-0.2, 0) is 0 Å². The maximum atomic E-state index is 6.28. The van der Waals surface area contributed by atoms with Crippen LogP contribution >= 0.6 is 22.6 Å². The van der Waals surface area contributed by atoms with Gasteiger partial charge in [-0.25, -0.2) is 4.98 Å². The number of rotatable bonds is 1. The molecule has 3 aromatic rings. The van der Waals surface area contributed by atoms with Crippen molar-refractivity contribution in [3.05, 3.63) is 57.7 Å². The van der Waals surface area contributed by atoms with Crippen molar-refractivity contribution < 1.29 is 0 Å². The number of pyridine rings is 1. The fraction of sp³-hybridized carbons (Fsp3) is 0.0625. The monoisotopic (exact) mass is 360 g/mol. The van der Waals surface area contributed by atoms with Gasteiger partial charge in [0.2, 0.25) is 0 Å². The van der Waals surface area contributed by atoms with E-state index in [9.17, 15) is 0 Å². The number of fused-ring (bicyclic) bond motifs is 1. The number of nitrogens with two attached hydrogens (primary N) is 1. The summed E-state index contributed by atoms with van der Waals surface area (Å²) in [4.78, 5) is 4.76. The van der Waals surface area contributed by atoms with Crippen LogP contribution in [0.3, 0.4) is 0 Å². The second-order valence-corrected chi connectivity index (χ2v) is 5.77. The molecule has 0 aliphatic rings. The number of hydrogen-bond donors (Lipinski definition) is 1. The second-order valence-electron chi connectivity index (χ2n) is 4.53. The predicted octanol–water partition coefficient (Wildman–Crippen LogP) is 4.40. The van der Waals surface area contributed by atoms with Gasteiger partial charge in [0.1, 0.15) is 0 Å². The van der Waals surface area contributed by atoms with Gasteiger partial charge in [-0.2, -0.15) is 0 Å². The van der Waals surface area contributed by atoms with E-state index >= 15 is 0 Å². The van der Waals surface area contributed by atoms with Gasteiger partial charge in [-0.05, 0) is 53.3 Å². The lowest BCUT2D eigenvalue weighted by atomic mass is 10.0. The summed E-state index contributed by atoms with van der Waals surface area (Å²) >= 11 is 2.29. The van der Waals surface area contributed by atoms with Gasteiger partial charge in [0.05, 0.1) is 11.2 Å². The molecule has 1 aromatic heterocycles. The molecule has 2 aromatic carbocycles. The molecule has 0 unspecified atom stereocenters. The first-order valence-electron chi connectivity index (χ1n) is 6.07. The van der Waals surface area contributed by atoms with Crippen LogP contribution < -0.4 is 5.73 Å². The highest BCUT2D eigenvalue weighted by Gasteiger charge is 2.11. The minimum atomic E-state index is 0.822. The lowest BCUT2D eigenvalue weighted by molar-refractivity contribution is 1.33. The Hall–Kier alpha value is -1.62. The minimum Gasteiger partial charge on any atom is -0.398 e. The highest BCUT2D eigenvalue weighted by molar-refractivity contribution is 14.1. The summed E-state index contributed by atoms with van der Waals surface area (Å²) in [6.45, 7) is 2.03.